The van der Waals surface area contributed by atoms with Crippen molar-refractivity contribution < 1.29 is 9.66 Å². The number of non-ortho nitro benzene ring substituents is 1. The predicted octanol–water partition coefficient (Wildman–Crippen LogP) is 7.22. The molecule has 3 aromatic carbocycles. The minimum atomic E-state index is -0.411. The van der Waals surface area contributed by atoms with Crippen molar-refractivity contribution >= 4 is 22.8 Å². The van der Waals surface area contributed by atoms with Crippen LogP contribution in [0.5, 0.6) is 5.75 Å². The standard InChI is InChI=1S/C34H33N5O4/c1-23-19-27(21-35-38-33(26-10-4-3-5-11-26)36-32-14-7-6-13-31(32)34(38)40)24(2)37(23)28-15-17-30(18-16-28)43-22-25-9-8-12-29(20-25)39(41)42/h6-9,12-21,26H,3-5,10-11,22H2,1-2H3. The second-order valence-electron chi connectivity index (χ2n) is 11.1. The van der Waals surface area contributed by atoms with Crippen LogP contribution in [0, 0.1) is 24.0 Å². The third-order valence-electron chi connectivity index (χ3n) is 8.15. The molecule has 0 unspecified atom stereocenters. The zero-order valence-electron chi connectivity index (χ0n) is 24.3. The van der Waals surface area contributed by atoms with Gasteiger partial charge in [-0.05, 0) is 74.7 Å². The van der Waals surface area contributed by atoms with E-state index in [2.05, 4.69) is 10.6 Å². The Hall–Kier alpha value is -5.05. The van der Waals surface area contributed by atoms with Gasteiger partial charge < -0.3 is 9.30 Å². The van der Waals surface area contributed by atoms with Crippen LogP contribution in [0.1, 0.15) is 66.4 Å². The number of hydrogen-bond acceptors (Lipinski definition) is 6. The van der Waals surface area contributed by atoms with Gasteiger partial charge in [-0.2, -0.15) is 9.78 Å². The highest BCUT2D eigenvalue weighted by Crippen LogP contribution is 2.32. The van der Waals surface area contributed by atoms with Gasteiger partial charge in [-0.15, -0.1) is 0 Å². The van der Waals surface area contributed by atoms with Crippen molar-refractivity contribution in [3.63, 3.8) is 0 Å². The smallest absolute Gasteiger partial charge is 0.282 e. The van der Waals surface area contributed by atoms with E-state index in [9.17, 15) is 14.9 Å². The molecule has 0 amide bonds. The molecule has 0 bridgehead atoms. The average Bonchev–Trinajstić information content (AvgIpc) is 3.32. The highest BCUT2D eigenvalue weighted by molar-refractivity contribution is 5.82. The van der Waals surface area contributed by atoms with Crippen LogP contribution in [0.15, 0.2) is 88.8 Å². The summed E-state index contributed by atoms with van der Waals surface area (Å²) in [5.41, 5.74) is 5.25. The number of rotatable bonds is 8. The molecule has 0 N–H and O–H groups in total. The van der Waals surface area contributed by atoms with E-state index >= 15 is 0 Å². The van der Waals surface area contributed by atoms with Gasteiger partial charge >= 0.3 is 0 Å². The summed E-state index contributed by atoms with van der Waals surface area (Å²) in [4.78, 5) is 29.1. The first-order valence-corrected chi connectivity index (χ1v) is 14.6. The summed E-state index contributed by atoms with van der Waals surface area (Å²) < 4.78 is 9.53. The molecular formula is C34H33N5O4. The van der Waals surface area contributed by atoms with E-state index < -0.39 is 4.92 Å². The predicted molar refractivity (Wildman–Crippen MR) is 167 cm³/mol. The Labute approximate surface area is 249 Å². The molecule has 2 aromatic heterocycles. The van der Waals surface area contributed by atoms with Crippen LogP contribution in [0.2, 0.25) is 0 Å². The maximum atomic E-state index is 13.6. The van der Waals surface area contributed by atoms with E-state index in [-0.39, 0.29) is 23.8 Å². The van der Waals surface area contributed by atoms with Gasteiger partial charge in [0, 0.05) is 40.7 Å². The summed E-state index contributed by atoms with van der Waals surface area (Å²) >= 11 is 0. The number of nitro benzene ring substituents is 1. The van der Waals surface area contributed by atoms with E-state index in [1.54, 1.807) is 18.3 Å². The summed E-state index contributed by atoms with van der Waals surface area (Å²) in [7, 11) is 0. The van der Waals surface area contributed by atoms with Crippen molar-refractivity contribution in [2.24, 2.45) is 5.10 Å². The van der Waals surface area contributed by atoms with Gasteiger partial charge in [0.05, 0.1) is 22.0 Å². The quantitative estimate of drug-likeness (QED) is 0.110. The number of fused-ring (bicyclic) bond motifs is 1. The van der Waals surface area contributed by atoms with Crippen molar-refractivity contribution in [3.05, 3.63) is 128 Å². The zero-order valence-corrected chi connectivity index (χ0v) is 24.3. The second kappa shape index (κ2) is 12.1. The Morgan fingerprint density at radius 3 is 2.53 bits per heavy atom. The fraction of sp³-hybridized carbons (Fsp3) is 0.265. The van der Waals surface area contributed by atoms with Gasteiger partial charge in [0.25, 0.3) is 11.2 Å². The number of nitrogens with zero attached hydrogens (tertiary/aromatic N) is 5. The van der Waals surface area contributed by atoms with Crippen LogP contribution >= 0.6 is 0 Å². The Balaban J connectivity index is 1.25. The summed E-state index contributed by atoms with van der Waals surface area (Å²) in [6.07, 6.45) is 7.28. The Kier molecular flexibility index (Phi) is 7.87. The molecule has 1 fully saturated rings. The minimum Gasteiger partial charge on any atom is -0.489 e. The van der Waals surface area contributed by atoms with Crippen LogP contribution < -0.4 is 10.3 Å². The van der Waals surface area contributed by atoms with Crippen LogP contribution in [0.3, 0.4) is 0 Å². The molecule has 9 heteroatoms. The lowest BCUT2D eigenvalue weighted by atomic mass is 9.88. The maximum Gasteiger partial charge on any atom is 0.282 e. The van der Waals surface area contributed by atoms with Crippen LogP contribution in [0.4, 0.5) is 5.69 Å². The summed E-state index contributed by atoms with van der Waals surface area (Å²) in [5.74, 6) is 1.63. The lowest BCUT2D eigenvalue weighted by molar-refractivity contribution is -0.384. The molecule has 9 nitrogen and oxygen atoms in total. The Bertz CT molecular complexity index is 1880. The number of aromatic nitrogens is 3. The number of benzene rings is 3. The maximum absolute atomic E-state index is 13.6. The van der Waals surface area contributed by atoms with Crippen molar-refractivity contribution in [2.75, 3.05) is 0 Å². The number of hydrogen-bond donors (Lipinski definition) is 0. The summed E-state index contributed by atoms with van der Waals surface area (Å²) in [6.45, 7) is 4.30. The molecule has 1 aliphatic carbocycles. The largest absolute Gasteiger partial charge is 0.489 e. The van der Waals surface area contributed by atoms with E-state index in [4.69, 9.17) is 14.8 Å². The second-order valence-corrected chi connectivity index (χ2v) is 11.1. The normalized spacial score (nSPS) is 14.0. The molecule has 0 spiro atoms. The van der Waals surface area contributed by atoms with Gasteiger partial charge in [-0.1, -0.05) is 43.5 Å². The summed E-state index contributed by atoms with van der Waals surface area (Å²) in [6, 6.07) is 23.7. The van der Waals surface area contributed by atoms with E-state index in [0.29, 0.717) is 11.1 Å². The zero-order chi connectivity index (χ0) is 29.9. The third-order valence-corrected chi connectivity index (χ3v) is 8.15. The van der Waals surface area contributed by atoms with Gasteiger partial charge in [0.2, 0.25) is 0 Å². The van der Waals surface area contributed by atoms with E-state index in [0.717, 1.165) is 65.2 Å². The SMILES string of the molecule is Cc1cc(C=Nn2c(C3CCCCC3)nc3ccccc3c2=O)c(C)n1-c1ccc(OCc2cccc([N+](=O)[O-])c2)cc1. The molecular weight excluding hydrogens is 542 g/mol. The monoisotopic (exact) mass is 575 g/mol. The molecule has 1 saturated carbocycles. The molecule has 0 saturated heterocycles. The van der Waals surface area contributed by atoms with Crippen molar-refractivity contribution in [1.29, 1.82) is 0 Å². The van der Waals surface area contributed by atoms with Gasteiger partial charge in [0.15, 0.2) is 0 Å². The Morgan fingerprint density at radius 1 is 1.00 bits per heavy atom. The first kappa shape index (κ1) is 28.1. The van der Waals surface area contributed by atoms with Crippen LogP contribution in [0.25, 0.3) is 16.6 Å². The minimum absolute atomic E-state index is 0.0429. The molecule has 0 radical (unpaired) electrons. The lowest BCUT2D eigenvalue weighted by Crippen LogP contribution is -2.25. The van der Waals surface area contributed by atoms with E-state index in [1.165, 1.54) is 23.2 Å². The first-order valence-electron chi connectivity index (χ1n) is 14.6. The lowest BCUT2D eigenvalue weighted by Gasteiger charge is -2.22. The van der Waals surface area contributed by atoms with Crippen LogP contribution in [-0.2, 0) is 6.61 Å². The molecule has 5 aromatic rings. The molecule has 0 aliphatic heterocycles. The highest BCUT2D eigenvalue weighted by atomic mass is 16.6. The number of ether oxygens (including phenoxy) is 1. The number of nitro groups is 1. The molecule has 43 heavy (non-hydrogen) atoms. The fourth-order valence-electron chi connectivity index (χ4n) is 5.93. The fourth-order valence-corrected chi connectivity index (χ4v) is 5.93. The molecule has 6 rings (SSSR count). The Morgan fingerprint density at radius 2 is 1.77 bits per heavy atom. The third kappa shape index (κ3) is 5.83. The topological polar surface area (TPSA) is 105 Å². The van der Waals surface area contributed by atoms with Crippen LogP contribution in [-0.4, -0.2) is 25.4 Å². The summed E-state index contributed by atoms with van der Waals surface area (Å²) in [5, 5.41) is 16.4. The van der Waals surface area contributed by atoms with Gasteiger partial charge in [-0.3, -0.25) is 14.9 Å². The van der Waals surface area contributed by atoms with E-state index in [1.807, 2.05) is 62.4 Å². The molecule has 0 atom stereocenters. The van der Waals surface area contributed by atoms with Crippen molar-refractivity contribution in [1.82, 2.24) is 14.2 Å². The van der Waals surface area contributed by atoms with Gasteiger partial charge in [0.1, 0.15) is 18.2 Å². The number of aryl methyl sites for hydroxylation is 1. The van der Waals surface area contributed by atoms with Gasteiger partial charge in [-0.25, -0.2) is 4.98 Å². The molecule has 218 valence electrons. The molecule has 1 aliphatic rings. The molecule has 2 heterocycles. The number of para-hydroxylation sites is 1. The highest BCUT2D eigenvalue weighted by Gasteiger charge is 2.22. The van der Waals surface area contributed by atoms with Crippen molar-refractivity contribution in [3.8, 4) is 11.4 Å². The first-order chi connectivity index (χ1) is 20.9. The van der Waals surface area contributed by atoms with Crippen molar-refractivity contribution in [2.45, 2.75) is 58.5 Å². The average molecular weight is 576 g/mol.